The Morgan fingerprint density at radius 3 is 3.18 bits per heavy atom. The van der Waals surface area contributed by atoms with Crippen LogP contribution in [0.3, 0.4) is 0 Å². The molecule has 0 aliphatic heterocycles. The molecule has 0 amide bonds. The van der Waals surface area contributed by atoms with Crippen LogP contribution in [0.25, 0.3) is 10.2 Å². The molecule has 0 saturated carbocycles. The number of thiophene rings is 1. The van der Waals surface area contributed by atoms with Crippen molar-refractivity contribution in [2.45, 2.75) is 0 Å². The lowest BCUT2D eigenvalue weighted by Crippen LogP contribution is -1.83. The van der Waals surface area contributed by atoms with Crippen molar-refractivity contribution >= 4 is 21.6 Å². The van der Waals surface area contributed by atoms with E-state index in [1.165, 1.54) is 17.7 Å². The molecule has 0 fully saturated rings. The van der Waals surface area contributed by atoms with Crippen LogP contribution in [0.2, 0.25) is 0 Å². The van der Waals surface area contributed by atoms with Crippen molar-refractivity contribution in [2.75, 3.05) is 0 Å². The summed E-state index contributed by atoms with van der Waals surface area (Å²) in [6.45, 7) is 0. The molecule has 2 rings (SSSR count). The highest BCUT2D eigenvalue weighted by Gasteiger charge is 2.01. The lowest BCUT2D eigenvalue weighted by Gasteiger charge is -1.87. The van der Waals surface area contributed by atoms with E-state index in [-0.39, 0.29) is 0 Å². The van der Waals surface area contributed by atoms with E-state index in [0.29, 0.717) is 5.69 Å². The molecule has 0 spiro atoms. The van der Waals surface area contributed by atoms with E-state index in [4.69, 9.17) is 5.26 Å². The van der Waals surface area contributed by atoms with Crippen molar-refractivity contribution in [3.63, 3.8) is 0 Å². The smallest absolute Gasteiger partial charge is 0.152 e. The van der Waals surface area contributed by atoms with Crippen LogP contribution in [-0.4, -0.2) is 9.97 Å². The molecule has 0 N–H and O–H groups in total. The van der Waals surface area contributed by atoms with Crippen molar-refractivity contribution in [1.29, 1.82) is 5.26 Å². The first-order valence-electron chi connectivity index (χ1n) is 3.00. The average molecular weight is 161 g/mol. The van der Waals surface area contributed by atoms with Crippen LogP contribution < -0.4 is 0 Å². The first kappa shape index (κ1) is 6.25. The minimum Gasteiger partial charge on any atom is -0.225 e. The monoisotopic (exact) mass is 161 g/mol. The lowest BCUT2D eigenvalue weighted by molar-refractivity contribution is 1.20. The lowest BCUT2D eigenvalue weighted by atomic mass is 10.3. The first-order valence-corrected chi connectivity index (χ1v) is 3.88. The minimum absolute atomic E-state index is 0.455. The van der Waals surface area contributed by atoms with E-state index in [1.54, 1.807) is 0 Å². The second-order valence-electron chi connectivity index (χ2n) is 1.97. The number of rotatable bonds is 0. The molecular weight excluding hydrogens is 158 g/mol. The van der Waals surface area contributed by atoms with Crippen molar-refractivity contribution in [3.05, 3.63) is 23.5 Å². The van der Waals surface area contributed by atoms with E-state index in [2.05, 4.69) is 9.97 Å². The summed E-state index contributed by atoms with van der Waals surface area (Å²) in [5, 5.41) is 11.4. The highest BCUT2D eigenvalue weighted by atomic mass is 32.1. The van der Waals surface area contributed by atoms with Crippen LogP contribution in [0.5, 0.6) is 0 Å². The Morgan fingerprint density at radius 1 is 1.45 bits per heavy atom. The van der Waals surface area contributed by atoms with Gasteiger partial charge in [0.25, 0.3) is 0 Å². The summed E-state index contributed by atoms with van der Waals surface area (Å²) < 4.78 is 0. The van der Waals surface area contributed by atoms with Gasteiger partial charge in [0.1, 0.15) is 17.2 Å². The van der Waals surface area contributed by atoms with Crippen LogP contribution >= 0.6 is 11.3 Å². The Balaban J connectivity index is 2.92. The normalized spacial score (nSPS) is 9.73. The predicted octanol–water partition coefficient (Wildman–Crippen LogP) is 1.56. The van der Waals surface area contributed by atoms with E-state index < -0.39 is 0 Å². The van der Waals surface area contributed by atoms with E-state index in [9.17, 15) is 0 Å². The third-order valence-corrected chi connectivity index (χ3v) is 2.19. The molecule has 0 saturated heterocycles. The molecule has 3 nitrogen and oxygen atoms in total. The molecule has 2 heterocycles. The summed E-state index contributed by atoms with van der Waals surface area (Å²) in [4.78, 5) is 8.71. The van der Waals surface area contributed by atoms with Crippen LogP contribution in [0.1, 0.15) is 5.69 Å². The Bertz CT molecular complexity index is 426. The number of fused-ring (bicyclic) bond motifs is 1. The number of nitriles is 1. The summed E-state index contributed by atoms with van der Waals surface area (Å²) in [7, 11) is 0. The molecule has 0 atom stereocenters. The summed E-state index contributed by atoms with van der Waals surface area (Å²) >= 11 is 1.51. The van der Waals surface area contributed by atoms with Crippen molar-refractivity contribution < 1.29 is 0 Å². The summed E-state index contributed by atoms with van der Waals surface area (Å²) in [6, 6.07) is 3.87. The standard InChI is InChI=1S/C7H3N3S/c8-3-6-5-1-2-11-7(5)10-4-9-6/h1-2,4H. The Hall–Kier alpha value is -1.47. The summed E-state index contributed by atoms with van der Waals surface area (Å²) in [5.41, 5.74) is 0.455. The van der Waals surface area contributed by atoms with Crippen molar-refractivity contribution in [2.24, 2.45) is 0 Å². The molecule has 2 aromatic heterocycles. The topological polar surface area (TPSA) is 49.6 Å². The second-order valence-corrected chi connectivity index (χ2v) is 2.87. The number of nitrogens with zero attached hydrogens (tertiary/aromatic N) is 3. The Kier molecular flexibility index (Phi) is 1.30. The fourth-order valence-corrected chi connectivity index (χ4v) is 1.61. The molecule has 0 radical (unpaired) electrons. The maximum atomic E-state index is 8.62. The first-order chi connectivity index (χ1) is 5.42. The maximum absolute atomic E-state index is 8.62. The number of hydrogen-bond donors (Lipinski definition) is 0. The van der Waals surface area contributed by atoms with Gasteiger partial charge in [-0.15, -0.1) is 11.3 Å². The van der Waals surface area contributed by atoms with Gasteiger partial charge in [0.2, 0.25) is 0 Å². The van der Waals surface area contributed by atoms with Gasteiger partial charge in [0.05, 0.1) is 0 Å². The third kappa shape index (κ3) is 0.863. The molecule has 4 heteroatoms. The zero-order chi connectivity index (χ0) is 7.68. The molecular formula is C7H3N3S. The molecule has 0 aromatic carbocycles. The van der Waals surface area contributed by atoms with Crippen LogP contribution in [0.15, 0.2) is 17.8 Å². The zero-order valence-electron chi connectivity index (χ0n) is 5.48. The molecule has 2 aromatic rings. The highest BCUT2D eigenvalue weighted by Crippen LogP contribution is 2.18. The van der Waals surface area contributed by atoms with Gasteiger partial charge in [-0.3, -0.25) is 0 Å². The van der Waals surface area contributed by atoms with E-state index in [0.717, 1.165) is 10.2 Å². The van der Waals surface area contributed by atoms with Crippen molar-refractivity contribution in [1.82, 2.24) is 9.97 Å². The van der Waals surface area contributed by atoms with Crippen LogP contribution in [-0.2, 0) is 0 Å². The van der Waals surface area contributed by atoms with E-state index >= 15 is 0 Å². The Labute approximate surface area is 67.0 Å². The maximum Gasteiger partial charge on any atom is 0.152 e. The van der Waals surface area contributed by atoms with Gasteiger partial charge in [-0.25, -0.2) is 9.97 Å². The van der Waals surface area contributed by atoms with Crippen LogP contribution in [0, 0.1) is 11.3 Å². The molecule has 0 aliphatic rings. The molecule has 0 bridgehead atoms. The van der Waals surface area contributed by atoms with Crippen LogP contribution in [0.4, 0.5) is 0 Å². The fourth-order valence-electron chi connectivity index (χ4n) is 0.879. The average Bonchev–Trinajstić information content (AvgIpc) is 2.50. The van der Waals surface area contributed by atoms with Crippen molar-refractivity contribution in [3.8, 4) is 6.07 Å². The number of aromatic nitrogens is 2. The highest BCUT2D eigenvalue weighted by molar-refractivity contribution is 7.16. The third-order valence-electron chi connectivity index (χ3n) is 1.37. The van der Waals surface area contributed by atoms with Gasteiger partial charge in [0, 0.05) is 5.39 Å². The fraction of sp³-hybridized carbons (Fsp3) is 0. The Morgan fingerprint density at radius 2 is 2.36 bits per heavy atom. The second kappa shape index (κ2) is 2.29. The molecule has 52 valence electrons. The van der Waals surface area contributed by atoms with Gasteiger partial charge < -0.3 is 0 Å². The molecule has 11 heavy (non-hydrogen) atoms. The van der Waals surface area contributed by atoms with Gasteiger partial charge >= 0.3 is 0 Å². The predicted molar refractivity (Wildman–Crippen MR) is 42.1 cm³/mol. The quantitative estimate of drug-likeness (QED) is 0.589. The zero-order valence-corrected chi connectivity index (χ0v) is 6.30. The molecule has 0 unspecified atom stereocenters. The summed E-state index contributed by atoms with van der Waals surface area (Å²) in [6.07, 6.45) is 1.41. The summed E-state index contributed by atoms with van der Waals surface area (Å²) in [5.74, 6) is 0. The molecule has 0 aliphatic carbocycles. The largest absolute Gasteiger partial charge is 0.225 e. The van der Waals surface area contributed by atoms with Gasteiger partial charge in [-0.1, -0.05) is 0 Å². The van der Waals surface area contributed by atoms with Gasteiger partial charge in [-0.2, -0.15) is 5.26 Å². The SMILES string of the molecule is N#Cc1ncnc2sccc12. The van der Waals surface area contributed by atoms with Gasteiger partial charge in [0.15, 0.2) is 5.69 Å². The number of hydrogen-bond acceptors (Lipinski definition) is 4. The van der Waals surface area contributed by atoms with E-state index in [1.807, 2.05) is 17.5 Å². The minimum atomic E-state index is 0.455. The van der Waals surface area contributed by atoms with Gasteiger partial charge in [-0.05, 0) is 11.4 Å².